The summed E-state index contributed by atoms with van der Waals surface area (Å²) in [5.41, 5.74) is 0.0677. The van der Waals surface area contributed by atoms with Gasteiger partial charge in [-0.05, 0) is 36.4 Å². The van der Waals surface area contributed by atoms with Crippen LogP contribution in [0.3, 0.4) is 0 Å². The minimum absolute atomic E-state index is 0.000711. The first-order valence-electron chi connectivity index (χ1n) is 9.03. The first-order valence-corrected chi connectivity index (χ1v) is 9.03. The van der Waals surface area contributed by atoms with Crippen molar-refractivity contribution in [2.45, 2.75) is 25.7 Å². The van der Waals surface area contributed by atoms with Gasteiger partial charge in [0.05, 0.1) is 11.6 Å². The van der Waals surface area contributed by atoms with Crippen LogP contribution < -0.4 is 5.32 Å². The molecule has 0 spiro atoms. The standard InChI is InChI=1S/C20H16F3N5O2/c1-12(17-10-13-5-2-3-8-16(13)30-17)24-18(29)11-28-26-19(25-27-28)14-6-4-7-15(9-14)20(21,22)23/h2-10,12H,11H2,1H3,(H,24,29)/t12-/m0/s1. The molecule has 0 aliphatic heterocycles. The number of aromatic nitrogens is 4. The van der Waals surface area contributed by atoms with E-state index in [1.54, 1.807) is 6.92 Å². The van der Waals surface area contributed by atoms with Crippen molar-refractivity contribution in [2.75, 3.05) is 0 Å². The fourth-order valence-electron chi connectivity index (χ4n) is 2.96. The Bertz CT molecular complexity index is 1170. The molecule has 10 heteroatoms. The van der Waals surface area contributed by atoms with Gasteiger partial charge in [-0.15, -0.1) is 10.2 Å². The molecule has 0 radical (unpaired) electrons. The van der Waals surface area contributed by atoms with Crippen molar-refractivity contribution in [2.24, 2.45) is 0 Å². The molecule has 0 unspecified atom stereocenters. The van der Waals surface area contributed by atoms with Crippen LogP contribution in [-0.4, -0.2) is 26.1 Å². The highest BCUT2D eigenvalue weighted by atomic mass is 19.4. The molecule has 30 heavy (non-hydrogen) atoms. The van der Waals surface area contributed by atoms with E-state index in [9.17, 15) is 18.0 Å². The van der Waals surface area contributed by atoms with Crippen molar-refractivity contribution in [3.63, 3.8) is 0 Å². The molecule has 0 aliphatic carbocycles. The summed E-state index contributed by atoms with van der Waals surface area (Å²) in [5, 5.41) is 15.2. The van der Waals surface area contributed by atoms with E-state index >= 15 is 0 Å². The number of carbonyl (C=O) groups excluding carboxylic acids is 1. The Morgan fingerprint density at radius 3 is 2.73 bits per heavy atom. The molecule has 2 aromatic heterocycles. The van der Waals surface area contributed by atoms with Gasteiger partial charge in [-0.3, -0.25) is 4.79 Å². The third kappa shape index (κ3) is 4.17. The summed E-state index contributed by atoms with van der Waals surface area (Å²) in [5.74, 6) is 0.205. The number of para-hydroxylation sites is 1. The average molecular weight is 415 g/mol. The molecule has 7 nitrogen and oxygen atoms in total. The van der Waals surface area contributed by atoms with Crippen LogP contribution in [0.2, 0.25) is 0 Å². The predicted molar refractivity (Wildman–Crippen MR) is 101 cm³/mol. The first kappa shape index (κ1) is 19.6. The Morgan fingerprint density at radius 1 is 1.17 bits per heavy atom. The molecule has 2 heterocycles. The van der Waals surface area contributed by atoms with E-state index in [2.05, 4.69) is 20.7 Å². The highest BCUT2D eigenvalue weighted by Gasteiger charge is 2.30. The zero-order valence-electron chi connectivity index (χ0n) is 15.7. The molecular formula is C20H16F3N5O2. The van der Waals surface area contributed by atoms with Gasteiger partial charge in [0.15, 0.2) is 0 Å². The number of benzene rings is 2. The number of hydrogen-bond donors (Lipinski definition) is 1. The van der Waals surface area contributed by atoms with Gasteiger partial charge in [-0.2, -0.15) is 18.0 Å². The number of nitrogens with one attached hydrogen (secondary N) is 1. The van der Waals surface area contributed by atoms with Gasteiger partial charge in [0.25, 0.3) is 0 Å². The van der Waals surface area contributed by atoms with E-state index in [4.69, 9.17) is 4.42 Å². The van der Waals surface area contributed by atoms with Crippen LogP contribution in [0, 0.1) is 0 Å². The number of alkyl halides is 3. The van der Waals surface area contributed by atoms with Crippen molar-refractivity contribution in [3.8, 4) is 11.4 Å². The number of halogens is 3. The van der Waals surface area contributed by atoms with Crippen LogP contribution in [0.5, 0.6) is 0 Å². The normalized spacial score (nSPS) is 12.8. The van der Waals surface area contributed by atoms with Gasteiger partial charge in [0.2, 0.25) is 11.7 Å². The second-order valence-electron chi connectivity index (χ2n) is 6.70. The average Bonchev–Trinajstić information content (AvgIpc) is 3.34. The predicted octanol–water partition coefficient (Wildman–Crippen LogP) is 3.98. The molecule has 154 valence electrons. The second-order valence-corrected chi connectivity index (χ2v) is 6.70. The van der Waals surface area contributed by atoms with E-state index in [-0.39, 0.29) is 17.9 Å². The maximum atomic E-state index is 12.9. The lowest BCUT2D eigenvalue weighted by molar-refractivity contribution is -0.137. The summed E-state index contributed by atoms with van der Waals surface area (Å²) < 4.78 is 44.3. The third-order valence-electron chi connectivity index (χ3n) is 4.43. The Hall–Kier alpha value is -3.69. The minimum Gasteiger partial charge on any atom is -0.459 e. The smallest absolute Gasteiger partial charge is 0.416 e. The van der Waals surface area contributed by atoms with Gasteiger partial charge >= 0.3 is 6.18 Å². The summed E-state index contributed by atoms with van der Waals surface area (Å²) in [4.78, 5) is 13.3. The Balaban J connectivity index is 1.43. The summed E-state index contributed by atoms with van der Waals surface area (Å²) in [6.07, 6.45) is -4.47. The topological polar surface area (TPSA) is 85.8 Å². The zero-order chi connectivity index (χ0) is 21.3. The minimum atomic E-state index is -4.47. The summed E-state index contributed by atoms with van der Waals surface area (Å²) in [6, 6.07) is 13.6. The monoisotopic (exact) mass is 415 g/mol. The lowest BCUT2D eigenvalue weighted by Crippen LogP contribution is -2.30. The van der Waals surface area contributed by atoms with E-state index in [1.165, 1.54) is 12.1 Å². The zero-order valence-corrected chi connectivity index (χ0v) is 15.7. The molecule has 1 amide bonds. The molecule has 0 saturated heterocycles. The van der Waals surface area contributed by atoms with Crippen molar-refractivity contribution in [1.29, 1.82) is 0 Å². The summed E-state index contributed by atoms with van der Waals surface area (Å²) >= 11 is 0. The van der Waals surface area contributed by atoms with Gasteiger partial charge in [-0.1, -0.05) is 30.3 Å². The number of furan rings is 1. The van der Waals surface area contributed by atoms with Crippen LogP contribution in [0.15, 0.2) is 59.0 Å². The molecular weight excluding hydrogens is 399 g/mol. The van der Waals surface area contributed by atoms with Crippen LogP contribution >= 0.6 is 0 Å². The SMILES string of the molecule is C[C@H](NC(=O)Cn1nnc(-c2cccc(C(F)(F)F)c2)n1)c1cc2ccccc2o1. The van der Waals surface area contributed by atoms with Crippen LogP contribution in [0.25, 0.3) is 22.4 Å². The Kier molecular flexibility index (Phi) is 4.98. The lowest BCUT2D eigenvalue weighted by atomic mass is 10.1. The molecule has 0 saturated carbocycles. The van der Waals surface area contributed by atoms with E-state index in [0.29, 0.717) is 5.76 Å². The van der Waals surface area contributed by atoms with Crippen LogP contribution in [-0.2, 0) is 17.5 Å². The maximum Gasteiger partial charge on any atom is 0.416 e. The molecule has 1 atom stereocenters. The van der Waals surface area contributed by atoms with Crippen molar-refractivity contribution in [1.82, 2.24) is 25.5 Å². The summed E-state index contributed by atoms with van der Waals surface area (Å²) in [6.45, 7) is 1.54. The molecule has 1 N–H and O–H groups in total. The molecule has 0 bridgehead atoms. The Morgan fingerprint density at radius 2 is 1.97 bits per heavy atom. The third-order valence-corrected chi connectivity index (χ3v) is 4.43. The largest absolute Gasteiger partial charge is 0.459 e. The van der Waals surface area contributed by atoms with Gasteiger partial charge in [0, 0.05) is 10.9 Å². The van der Waals surface area contributed by atoms with E-state index in [1.807, 2.05) is 30.3 Å². The van der Waals surface area contributed by atoms with Gasteiger partial charge < -0.3 is 9.73 Å². The van der Waals surface area contributed by atoms with E-state index in [0.717, 1.165) is 27.9 Å². The molecule has 0 aliphatic rings. The highest BCUT2D eigenvalue weighted by molar-refractivity contribution is 5.79. The second kappa shape index (κ2) is 7.62. The van der Waals surface area contributed by atoms with Crippen molar-refractivity contribution in [3.05, 3.63) is 65.9 Å². The molecule has 0 fully saturated rings. The van der Waals surface area contributed by atoms with Gasteiger partial charge in [0.1, 0.15) is 17.9 Å². The fourth-order valence-corrected chi connectivity index (χ4v) is 2.96. The molecule has 2 aromatic carbocycles. The number of tetrazole rings is 1. The number of hydrogen-bond acceptors (Lipinski definition) is 5. The fraction of sp³-hybridized carbons (Fsp3) is 0.200. The molecule has 4 rings (SSSR count). The highest BCUT2D eigenvalue weighted by Crippen LogP contribution is 2.31. The molecule has 4 aromatic rings. The van der Waals surface area contributed by atoms with Crippen molar-refractivity contribution < 1.29 is 22.4 Å². The quantitative estimate of drug-likeness (QED) is 0.533. The summed E-state index contributed by atoms with van der Waals surface area (Å²) in [7, 11) is 0. The van der Waals surface area contributed by atoms with Crippen molar-refractivity contribution >= 4 is 16.9 Å². The number of rotatable bonds is 5. The maximum absolute atomic E-state index is 12.9. The van der Waals surface area contributed by atoms with Crippen LogP contribution in [0.1, 0.15) is 24.3 Å². The number of nitrogens with zero attached hydrogens (tertiary/aromatic N) is 4. The van der Waals surface area contributed by atoms with Crippen LogP contribution in [0.4, 0.5) is 13.2 Å². The van der Waals surface area contributed by atoms with Gasteiger partial charge in [-0.25, -0.2) is 0 Å². The number of fused-ring (bicyclic) bond motifs is 1. The lowest BCUT2D eigenvalue weighted by Gasteiger charge is -2.10. The van der Waals surface area contributed by atoms with E-state index < -0.39 is 23.7 Å². The number of amides is 1. The number of carbonyl (C=O) groups is 1. The first-order chi connectivity index (χ1) is 14.3. The Labute approximate surface area is 168 Å².